The van der Waals surface area contributed by atoms with Gasteiger partial charge >= 0.3 is 5.97 Å². The minimum atomic E-state index is -0.891. The number of ether oxygens (including phenoxy) is 1. The molecule has 1 aromatic heterocycles. The van der Waals surface area contributed by atoms with Crippen LogP contribution in [0.2, 0.25) is 0 Å². The molecule has 2 saturated heterocycles. The third-order valence-corrected chi connectivity index (χ3v) is 4.12. The van der Waals surface area contributed by atoms with E-state index < -0.39 is 11.8 Å². The summed E-state index contributed by atoms with van der Waals surface area (Å²) in [6, 6.07) is 0.915. The number of rotatable bonds is 3. The van der Waals surface area contributed by atoms with Crippen molar-refractivity contribution in [2.45, 2.75) is 6.04 Å². The number of fused-ring (bicyclic) bond motifs is 3. The maximum absolute atomic E-state index is 13.3. The Kier molecular flexibility index (Phi) is 6.98. The van der Waals surface area contributed by atoms with Crippen molar-refractivity contribution in [2.75, 3.05) is 39.4 Å². The van der Waals surface area contributed by atoms with E-state index in [-0.39, 0.29) is 36.4 Å². The number of amides is 1. The highest BCUT2D eigenvalue weighted by atomic mass is 19.1. The lowest BCUT2D eigenvalue weighted by molar-refractivity contribution is -0.138. The van der Waals surface area contributed by atoms with E-state index in [0.29, 0.717) is 32.8 Å². The van der Waals surface area contributed by atoms with E-state index in [1.807, 2.05) is 4.90 Å². The fraction of sp³-hybridized carbons (Fsp3) is 0.500. The van der Waals surface area contributed by atoms with Crippen LogP contribution in [0.4, 0.5) is 4.39 Å². The molecular formula is C16H20FN3O6. The Labute approximate surface area is 149 Å². The number of pyridine rings is 1. The number of aromatic nitrogens is 1. The fourth-order valence-corrected chi connectivity index (χ4v) is 3.20. The van der Waals surface area contributed by atoms with Gasteiger partial charge in [-0.1, -0.05) is 0 Å². The highest BCUT2D eigenvalue weighted by Gasteiger charge is 2.36. The normalized spacial score (nSPS) is 22.6. The molecule has 0 aliphatic carbocycles. The molecule has 0 aromatic carbocycles. The van der Waals surface area contributed by atoms with Crippen molar-refractivity contribution in [3.8, 4) is 0 Å². The van der Waals surface area contributed by atoms with Crippen LogP contribution < -0.4 is 0 Å². The Hall–Kier alpha value is -2.59. The lowest BCUT2D eigenvalue weighted by atomic mass is 10.1. The summed E-state index contributed by atoms with van der Waals surface area (Å²) >= 11 is 0. The van der Waals surface area contributed by atoms with Gasteiger partial charge < -0.3 is 19.8 Å². The molecule has 10 heteroatoms. The fourth-order valence-electron chi connectivity index (χ4n) is 3.20. The first-order valence-corrected chi connectivity index (χ1v) is 7.95. The largest absolute Gasteiger partial charge is 0.483 e. The van der Waals surface area contributed by atoms with Gasteiger partial charge in [-0.15, -0.1) is 0 Å². The number of carboxylic acids is 1. The van der Waals surface area contributed by atoms with Crippen molar-refractivity contribution in [2.24, 2.45) is 5.92 Å². The average Bonchev–Trinajstić information content (AvgIpc) is 2.85. The minimum Gasteiger partial charge on any atom is -0.483 e. The number of carbonyl (C=O) groups excluding carboxylic acids is 1. The van der Waals surface area contributed by atoms with E-state index in [4.69, 9.17) is 19.7 Å². The first kappa shape index (κ1) is 19.7. The topological polar surface area (TPSA) is 120 Å². The van der Waals surface area contributed by atoms with E-state index in [0.717, 1.165) is 6.20 Å². The number of aliphatic carboxylic acids is 1. The molecule has 1 amide bonds. The Bertz CT molecular complexity index is 659. The highest BCUT2D eigenvalue weighted by Crippen LogP contribution is 2.21. The van der Waals surface area contributed by atoms with E-state index in [9.17, 15) is 14.0 Å². The van der Waals surface area contributed by atoms with Crippen molar-refractivity contribution >= 4 is 18.3 Å². The maximum atomic E-state index is 13.3. The molecule has 0 radical (unpaired) electrons. The van der Waals surface area contributed by atoms with E-state index in [2.05, 4.69) is 4.98 Å². The summed E-state index contributed by atoms with van der Waals surface area (Å²) in [5.74, 6) is -1.71. The monoisotopic (exact) mass is 369 g/mol. The molecular weight excluding hydrogens is 349 g/mol. The van der Waals surface area contributed by atoms with Crippen LogP contribution in [-0.2, 0) is 14.3 Å². The Morgan fingerprint density at radius 1 is 1.31 bits per heavy atom. The molecule has 2 bridgehead atoms. The van der Waals surface area contributed by atoms with Gasteiger partial charge in [0.1, 0.15) is 5.82 Å². The highest BCUT2D eigenvalue weighted by molar-refractivity contribution is 5.94. The lowest BCUT2D eigenvalue weighted by Crippen LogP contribution is -2.47. The lowest BCUT2D eigenvalue weighted by Gasteiger charge is -2.30. The van der Waals surface area contributed by atoms with E-state index in [1.54, 1.807) is 4.90 Å². The Balaban J connectivity index is 0.000000758. The molecule has 3 heterocycles. The smallest absolute Gasteiger partial charge is 0.317 e. The molecule has 2 fully saturated rings. The molecule has 2 aliphatic rings. The Morgan fingerprint density at radius 2 is 2.04 bits per heavy atom. The number of carbonyl (C=O) groups is 3. The summed E-state index contributed by atoms with van der Waals surface area (Å²) in [6.45, 7) is 1.98. The van der Waals surface area contributed by atoms with Gasteiger partial charge in [0, 0.05) is 31.7 Å². The minimum absolute atomic E-state index is 0.0346. The molecule has 2 N–H and O–H groups in total. The quantitative estimate of drug-likeness (QED) is 0.702. The van der Waals surface area contributed by atoms with Gasteiger partial charge in [0.25, 0.3) is 12.4 Å². The zero-order valence-electron chi connectivity index (χ0n) is 14.0. The van der Waals surface area contributed by atoms with Crippen LogP contribution >= 0.6 is 0 Å². The molecule has 2 aliphatic heterocycles. The zero-order chi connectivity index (χ0) is 19.1. The van der Waals surface area contributed by atoms with Crippen LogP contribution in [0.15, 0.2) is 18.5 Å². The first-order chi connectivity index (χ1) is 12.4. The summed E-state index contributed by atoms with van der Waals surface area (Å²) in [7, 11) is 0. The van der Waals surface area contributed by atoms with Crippen LogP contribution in [0.5, 0.6) is 0 Å². The third kappa shape index (κ3) is 5.20. The van der Waals surface area contributed by atoms with Gasteiger partial charge in [-0.3, -0.25) is 24.3 Å². The number of hydrogen-bond donors (Lipinski definition) is 2. The SMILES string of the molecule is O=C(O)CN1C[C@@H]2COC[C@H](C1)N(C(=O)c1cncc(F)c1)C2.O=CO. The summed E-state index contributed by atoms with van der Waals surface area (Å²) in [5.41, 5.74) is 0.197. The van der Waals surface area contributed by atoms with Gasteiger partial charge in [-0.05, 0) is 6.07 Å². The van der Waals surface area contributed by atoms with Crippen LogP contribution in [0.1, 0.15) is 10.4 Å². The molecule has 0 saturated carbocycles. The summed E-state index contributed by atoms with van der Waals surface area (Å²) in [4.78, 5) is 39.3. The third-order valence-electron chi connectivity index (χ3n) is 4.12. The average molecular weight is 369 g/mol. The summed E-state index contributed by atoms with van der Waals surface area (Å²) < 4.78 is 18.9. The number of carboxylic acid groups (broad SMARTS) is 2. The summed E-state index contributed by atoms with van der Waals surface area (Å²) in [6.07, 6.45) is 2.39. The van der Waals surface area contributed by atoms with Crippen molar-refractivity contribution in [3.63, 3.8) is 0 Å². The standard InChI is InChI=1S/C15H18FN3O4.CH2O2/c16-12-1-11(2-17-3-12)15(22)19-5-10-4-18(7-14(20)21)6-13(19)9-23-8-10;2-1-3/h1-3,10,13H,4-9H2,(H,20,21);1H,(H,2,3)/t10-,13-;/m0./s1. The van der Waals surface area contributed by atoms with Crippen molar-refractivity contribution < 1.29 is 33.7 Å². The second kappa shape index (κ2) is 9.20. The maximum Gasteiger partial charge on any atom is 0.317 e. The van der Waals surface area contributed by atoms with Crippen molar-refractivity contribution in [3.05, 3.63) is 29.8 Å². The van der Waals surface area contributed by atoms with Crippen LogP contribution in [0.3, 0.4) is 0 Å². The zero-order valence-corrected chi connectivity index (χ0v) is 14.0. The van der Waals surface area contributed by atoms with E-state index in [1.165, 1.54) is 12.3 Å². The molecule has 0 spiro atoms. The van der Waals surface area contributed by atoms with Crippen molar-refractivity contribution in [1.29, 1.82) is 0 Å². The molecule has 1 aromatic rings. The van der Waals surface area contributed by atoms with Gasteiger partial charge in [0.2, 0.25) is 0 Å². The first-order valence-electron chi connectivity index (χ1n) is 7.95. The second-order valence-electron chi connectivity index (χ2n) is 6.10. The Morgan fingerprint density at radius 3 is 2.69 bits per heavy atom. The predicted molar refractivity (Wildman–Crippen MR) is 86.1 cm³/mol. The van der Waals surface area contributed by atoms with Crippen LogP contribution in [0.25, 0.3) is 0 Å². The molecule has 142 valence electrons. The predicted octanol–water partition coefficient (Wildman–Crippen LogP) is -0.221. The van der Waals surface area contributed by atoms with Gasteiger partial charge in [0.05, 0.1) is 37.6 Å². The molecule has 3 rings (SSSR count). The van der Waals surface area contributed by atoms with Crippen LogP contribution in [0, 0.1) is 11.7 Å². The molecule has 2 atom stereocenters. The van der Waals surface area contributed by atoms with Gasteiger partial charge in [-0.25, -0.2) is 4.39 Å². The summed E-state index contributed by atoms with van der Waals surface area (Å²) in [5, 5.41) is 15.9. The molecule has 0 unspecified atom stereocenters. The molecule has 9 nitrogen and oxygen atoms in total. The number of halogens is 1. The number of hydrogen-bond acceptors (Lipinski definition) is 6. The van der Waals surface area contributed by atoms with Gasteiger partial charge in [-0.2, -0.15) is 0 Å². The molecule has 26 heavy (non-hydrogen) atoms. The van der Waals surface area contributed by atoms with Crippen molar-refractivity contribution in [1.82, 2.24) is 14.8 Å². The van der Waals surface area contributed by atoms with Crippen LogP contribution in [-0.4, -0.2) is 88.8 Å². The number of nitrogens with zero attached hydrogens (tertiary/aromatic N) is 3. The second-order valence-corrected chi connectivity index (χ2v) is 6.10. The van der Waals surface area contributed by atoms with Gasteiger partial charge in [0.15, 0.2) is 0 Å². The van der Waals surface area contributed by atoms with E-state index >= 15 is 0 Å².